The third-order valence-electron chi connectivity index (χ3n) is 7.57. The van der Waals surface area contributed by atoms with Crippen LogP contribution in [0.2, 0.25) is 0 Å². The predicted octanol–water partition coefficient (Wildman–Crippen LogP) is 5.37. The summed E-state index contributed by atoms with van der Waals surface area (Å²) in [6.45, 7) is 5.71. The minimum absolute atomic E-state index is 0.00866. The van der Waals surface area contributed by atoms with Crippen LogP contribution in [0.3, 0.4) is 0 Å². The van der Waals surface area contributed by atoms with Crippen molar-refractivity contribution in [3.63, 3.8) is 0 Å². The number of pyridine rings is 1. The van der Waals surface area contributed by atoms with E-state index in [-0.39, 0.29) is 35.0 Å². The fourth-order valence-electron chi connectivity index (χ4n) is 5.54. The fraction of sp³-hybridized carbons (Fsp3) is 0.367. The van der Waals surface area contributed by atoms with Crippen LogP contribution >= 0.6 is 11.8 Å². The molecule has 0 bridgehead atoms. The van der Waals surface area contributed by atoms with Gasteiger partial charge in [-0.25, -0.2) is 0 Å². The number of aromatic nitrogens is 1. The van der Waals surface area contributed by atoms with E-state index in [0.717, 1.165) is 40.6 Å². The Morgan fingerprint density at radius 1 is 1.26 bits per heavy atom. The van der Waals surface area contributed by atoms with Crippen LogP contribution in [-0.4, -0.2) is 53.9 Å². The minimum atomic E-state index is -0.133. The molecule has 2 fully saturated rings. The zero-order valence-corrected chi connectivity index (χ0v) is 22.4. The van der Waals surface area contributed by atoms with Gasteiger partial charge in [0.1, 0.15) is 12.4 Å². The number of hydrogen-bond donors (Lipinski definition) is 1. The SMILES string of the molecule is C=C[C@@H](CNC(=O)COCc1ccccc1)[C@H]1CCN2C(=O)S[C@@H](c3ccnc4ccc(OC)cc34)[C@@H]2C1. The largest absolute Gasteiger partial charge is 0.497 e. The molecule has 2 aliphatic rings. The van der Waals surface area contributed by atoms with Gasteiger partial charge in [0.15, 0.2) is 0 Å². The molecule has 4 atom stereocenters. The Balaban J connectivity index is 1.23. The Labute approximate surface area is 227 Å². The van der Waals surface area contributed by atoms with Crippen LogP contribution in [0.4, 0.5) is 4.79 Å². The summed E-state index contributed by atoms with van der Waals surface area (Å²) in [5, 5.41) is 4.18. The van der Waals surface area contributed by atoms with Crippen molar-refractivity contribution in [2.75, 3.05) is 26.8 Å². The Hall–Kier alpha value is -3.36. The molecule has 3 aromatic rings. The summed E-state index contributed by atoms with van der Waals surface area (Å²) < 4.78 is 11.0. The predicted molar refractivity (Wildman–Crippen MR) is 150 cm³/mol. The molecule has 198 valence electrons. The first-order chi connectivity index (χ1) is 18.6. The van der Waals surface area contributed by atoms with Crippen LogP contribution in [0.1, 0.15) is 29.2 Å². The van der Waals surface area contributed by atoms with Crippen LogP contribution < -0.4 is 10.1 Å². The number of nitrogens with one attached hydrogen (secondary N) is 1. The molecule has 0 spiro atoms. The molecule has 2 aromatic carbocycles. The number of fused-ring (bicyclic) bond motifs is 2. The quantitative estimate of drug-likeness (QED) is 0.355. The number of hydrogen-bond acceptors (Lipinski definition) is 6. The molecule has 0 saturated carbocycles. The minimum Gasteiger partial charge on any atom is -0.497 e. The van der Waals surface area contributed by atoms with Crippen LogP contribution in [0.15, 0.2) is 73.4 Å². The number of piperidine rings is 1. The standard InChI is InChI=1S/C30H33N3O4S/c1-3-21(17-32-28(34)19-37-18-20-7-5-4-6-8-20)22-12-14-33-27(15-22)29(38-30(33)35)24-11-13-31-26-10-9-23(36-2)16-25(24)26/h3-11,13,16,21-22,27,29H,1,12,14-15,17-19H2,2H3,(H,32,34)/t21-,22-,27-,29-/m0/s1. The number of amides is 2. The summed E-state index contributed by atoms with van der Waals surface area (Å²) in [6, 6.07) is 17.8. The zero-order chi connectivity index (χ0) is 26.5. The third kappa shape index (κ3) is 5.71. The van der Waals surface area contributed by atoms with Crippen molar-refractivity contribution < 1.29 is 19.1 Å². The molecule has 2 saturated heterocycles. The Kier molecular flexibility index (Phi) is 8.29. The van der Waals surface area contributed by atoms with Gasteiger partial charge in [-0.2, -0.15) is 0 Å². The fourth-order valence-corrected chi connectivity index (χ4v) is 6.86. The van der Waals surface area contributed by atoms with Crippen LogP contribution in [0, 0.1) is 11.8 Å². The number of benzene rings is 2. The van der Waals surface area contributed by atoms with Gasteiger partial charge in [0, 0.05) is 30.7 Å². The molecule has 0 aliphatic carbocycles. The summed E-state index contributed by atoms with van der Waals surface area (Å²) in [5.41, 5.74) is 3.04. The number of ether oxygens (including phenoxy) is 2. The zero-order valence-electron chi connectivity index (χ0n) is 21.5. The lowest BCUT2D eigenvalue weighted by atomic mass is 9.79. The number of nitrogens with zero attached hydrogens (tertiary/aromatic N) is 2. The smallest absolute Gasteiger partial charge is 0.282 e. The Morgan fingerprint density at radius 3 is 2.89 bits per heavy atom. The maximum atomic E-state index is 13.0. The van der Waals surface area contributed by atoms with Crippen molar-refractivity contribution in [2.45, 2.75) is 30.7 Å². The van der Waals surface area contributed by atoms with E-state index in [9.17, 15) is 9.59 Å². The van der Waals surface area contributed by atoms with Crippen molar-refractivity contribution in [2.24, 2.45) is 11.8 Å². The average Bonchev–Trinajstić information content (AvgIpc) is 3.28. The van der Waals surface area contributed by atoms with Gasteiger partial charge in [0.05, 0.1) is 24.5 Å². The molecular formula is C30H33N3O4S. The van der Waals surface area contributed by atoms with E-state index in [2.05, 4.69) is 16.9 Å². The maximum absolute atomic E-state index is 13.0. The Bertz CT molecular complexity index is 1300. The number of carbonyl (C=O) groups excluding carboxylic acids is 2. The van der Waals surface area contributed by atoms with Gasteiger partial charge in [-0.05, 0) is 60.1 Å². The molecular weight excluding hydrogens is 498 g/mol. The molecule has 0 radical (unpaired) electrons. The topological polar surface area (TPSA) is 80.8 Å². The molecule has 5 rings (SSSR count). The van der Waals surface area contributed by atoms with Gasteiger partial charge in [-0.1, -0.05) is 48.2 Å². The maximum Gasteiger partial charge on any atom is 0.282 e. The monoisotopic (exact) mass is 531 g/mol. The molecule has 1 aromatic heterocycles. The second-order valence-electron chi connectivity index (χ2n) is 9.81. The van der Waals surface area contributed by atoms with E-state index >= 15 is 0 Å². The number of thioether (sulfide) groups is 1. The van der Waals surface area contributed by atoms with E-state index in [1.54, 1.807) is 7.11 Å². The van der Waals surface area contributed by atoms with Gasteiger partial charge >= 0.3 is 0 Å². The van der Waals surface area contributed by atoms with E-state index < -0.39 is 0 Å². The van der Waals surface area contributed by atoms with Crippen molar-refractivity contribution >= 4 is 33.8 Å². The van der Waals surface area contributed by atoms with Crippen molar-refractivity contribution in [1.82, 2.24) is 15.2 Å². The number of methoxy groups -OCH3 is 1. The van der Waals surface area contributed by atoms with Crippen molar-refractivity contribution in [3.8, 4) is 5.75 Å². The van der Waals surface area contributed by atoms with Crippen LogP contribution in [-0.2, 0) is 16.1 Å². The highest BCUT2D eigenvalue weighted by molar-refractivity contribution is 8.14. The van der Waals surface area contributed by atoms with Gasteiger partial charge in [0.25, 0.3) is 5.24 Å². The lowest BCUT2D eigenvalue weighted by Crippen LogP contribution is -2.45. The van der Waals surface area contributed by atoms with Gasteiger partial charge < -0.3 is 19.7 Å². The van der Waals surface area contributed by atoms with Gasteiger partial charge in [0.2, 0.25) is 5.91 Å². The van der Waals surface area contributed by atoms with Crippen molar-refractivity contribution in [1.29, 1.82) is 0 Å². The molecule has 8 heteroatoms. The van der Waals surface area contributed by atoms with Crippen molar-refractivity contribution in [3.05, 3.63) is 84.6 Å². The second kappa shape index (κ2) is 12.0. The molecule has 2 amide bonds. The molecule has 1 N–H and O–H groups in total. The molecule has 38 heavy (non-hydrogen) atoms. The van der Waals surface area contributed by atoms with Gasteiger partial charge in [-0.15, -0.1) is 6.58 Å². The molecule has 3 heterocycles. The summed E-state index contributed by atoms with van der Waals surface area (Å²) in [6.07, 6.45) is 5.50. The summed E-state index contributed by atoms with van der Waals surface area (Å²) in [4.78, 5) is 31.9. The normalized spacial score (nSPS) is 21.7. The first-order valence-electron chi connectivity index (χ1n) is 13.0. The van der Waals surface area contributed by atoms with E-state index in [1.165, 1.54) is 11.8 Å². The highest BCUT2D eigenvalue weighted by Gasteiger charge is 2.46. The third-order valence-corrected chi connectivity index (χ3v) is 8.83. The van der Waals surface area contributed by atoms with Crippen LogP contribution in [0.25, 0.3) is 10.9 Å². The average molecular weight is 532 g/mol. The van der Waals surface area contributed by atoms with E-state index in [4.69, 9.17) is 9.47 Å². The molecule has 7 nitrogen and oxygen atoms in total. The first-order valence-corrected chi connectivity index (χ1v) is 13.9. The molecule has 2 aliphatic heterocycles. The van der Waals surface area contributed by atoms with E-state index in [1.807, 2.05) is 71.8 Å². The number of carbonyl (C=O) groups is 2. The highest BCUT2D eigenvalue weighted by atomic mass is 32.2. The molecule has 0 unspecified atom stereocenters. The second-order valence-corrected chi connectivity index (χ2v) is 10.9. The van der Waals surface area contributed by atoms with E-state index in [0.29, 0.717) is 25.6 Å². The highest BCUT2D eigenvalue weighted by Crippen LogP contribution is 2.50. The summed E-state index contributed by atoms with van der Waals surface area (Å²) in [5.74, 6) is 1.07. The Morgan fingerprint density at radius 2 is 2.11 bits per heavy atom. The summed E-state index contributed by atoms with van der Waals surface area (Å²) in [7, 11) is 1.65. The lowest BCUT2D eigenvalue weighted by molar-refractivity contribution is -0.126. The lowest BCUT2D eigenvalue weighted by Gasteiger charge is -2.39. The van der Waals surface area contributed by atoms with Gasteiger partial charge in [-0.3, -0.25) is 14.6 Å². The number of rotatable bonds is 10. The van der Waals surface area contributed by atoms with Crippen LogP contribution in [0.5, 0.6) is 5.75 Å². The summed E-state index contributed by atoms with van der Waals surface area (Å²) >= 11 is 1.41. The first kappa shape index (κ1) is 26.3.